The first-order valence-corrected chi connectivity index (χ1v) is 18.5. The zero-order chi connectivity index (χ0) is 32.8. The van der Waals surface area contributed by atoms with Gasteiger partial charge < -0.3 is 9.32 Å². The van der Waals surface area contributed by atoms with E-state index in [0.29, 0.717) is 0 Å². The molecule has 0 saturated carbocycles. The lowest BCUT2D eigenvalue weighted by atomic mass is 9.96. The van der Waals surface area contributed by atoms with Crippen molar-refractivity contribution in [1.29, 1.82) is 0 Å². The van der Waals surface area contributed by atoms with Crippen LogP contribution in [0.1, 0.15) is 0 Å². The molecule has 0 unspecified atom stereocenters. The molecule has 0 radical (unpaired) electrons. The van der Waals surface area contributed by atoms with Crippen molar-refractivity contribution < 1.29 is 4.42 Å². The standard InChI is InChI=1S/C46H27NOS2/c1-2-12-30-28(11-1)23-25-35-45-38(18-10-19-39(45)48-46(30)35)47(29-24-26-42-36(27-29)32-14-4-7-20-40(32)49-42)37-17-6-3-13-31(37)33-16-9-22-43-44(33)34-15-5-8-21-41(34)50-43/h1-27H. The largest absolute Gasteiger partial charge is 0.455 e. The molecule has 0 aliphatic carbocycles. The molecule has 0 spiro atoms. The molecule has 0 amide bonds. The summed E-state index contributed by atoms with van der Waals surface area (Å²) in [5, 5.41) is 9.68. The van der Waals surface area contributed by atoms with Crippen LogP contribution in [0.5, 0.6) is 0 Å². The van der Waals surface area contributed by atoms with Gasteiger partial charge in [-0.2, -0.15) is 0 Å². The minimum atomic E-state index is 0.879. The molecule has 3 heterocycles. The van der Waals surface area contributed by atoms with Crippen LogP contribution in [0.4, 0.5) is 17.1 Å². The maximum Gasteiger partial charge on any atom is 0.143 e. The van der Waals surface area contributed by atoms with Crippen molar-refractivity contribution in [3.05, 3.63) is 164 Å². The topological polar surface area (TPSA) is 16.4 Å². The van der Waals surface area contributed by atoms with E-state index in [1.54, 1.807) is 0 Å². The van der Waals surface area contributed by atoms with Gasteiger partial charge in [0.05, 0.1) is 16.8 Å². The van der Waals surface area contributed by atoms with E-state index in [2.05, 4.69) is 169 Å². The Morgan fingerprint density at radius 1 is 0.400 bits per heavy atom. The summed E-state index contributed by atoms with van der Waals surface area (Å²) < 4.78 is 11.9. The Morgan fingerprint density at radius 2 is 1.06 bits per heavy atom. The minimum absolute atomic E-state index is 0.879. The van der Waals surface area contributed by atoms with E-state index < -0.39 is 0 Å². The van der Waals surface area contributed by atoms with Crippen LogP contribution in [-0.4, -0.2) is 0 Å². The molecule has 11 aromatic rings. The lowest BCUT2D eigenvalue weighted by Gasteiger charge is -2.29. The van der Waals surface area contributed by atoms with E-state index in [0.717, 1.165) is 44.4 Å². The van der Waals surface area contributed by atoms with Gasteiger partial charge in [0.25, 0.3) is 0 Å². The highest BCUT2D eigenvalue weighted by atomic mass is 32.1. The Bertz CT molecular complexity index is 3130. The van der Waals surface area contributed by atoms with E-state index in [1.165, 1.54) is 56.9 Å². The van der Waals surface area contributed by atoms with Gasteiger partial charge in [-0.15, -0.1) is 22.7 Å². The highest BCUT2D eigenvalue weighted by molar-refractivity contribution is 7.26. The average molecular weight is 674 g/mol. The molecule has 3 aromatic heterocycles. The molecule has 0 N–H and O–H groups in total. The van der Waals surface area contributed by atoms with Gasteiger partial charge >= 0.3 is 0 Å². The minimum Gasteiger partial charge on any atom is -0.455 e. The lowest BCUT2D eigenvalue weighted by molar-refractivity contribution is 0.672. The molecule has 0 bridgehead atoms. The fraction of sp³-hybridized carbons (Fsp3) is 0. The Kier molecular flexibility index (Phi) is 6.03. The van der Waals surface area contributed by atoms with Crippen LogP contribution in [0, 0.1) is 0 Å². The van der Waals surface area contributed by atoms with Gasteiger partial charge in [0.1, 0.15) is 11.2 Å². The number of hydrogen-bond donors (Lipinski definition) is 0. The molecule has 0 aliphatic heterocycles. The van der Waals surface area contributed by atoms with E-state index in [9.17, 15) is 0 Å². The normalized spacial score (nSPS) is 12.0. The summed E-state index contributed by atoms with van der Waals surface area (Å²) in [6, 6.07) is 59.5. The fourth-order valence-electron chi connectivity index (χ4n) is 7.88. The first-order valence-electron chi connectivity index (χ1n) is 16.8. The number of anilines is 3. The van der Waals surface area contributed by atoms with Crippen molar-refractivity contribution >= 4 is 113 Å². The number of fused-ring (bicyclic) bond motifs is 11. The molecule has 8 aromatic carbocycles. The molecule has 0 saturated heterocycles. The third-order valence-electron chi connectivity index (χ3n) is 10.1. The van der Waals surface area contributed by atoms with E-state index in [4.69, 9.17) is 4.42 Å². The van der Waals surface area contributed by atoms with Gasteiger partial charge in [0, 0.05) is 62.4 Å². The predicted octanol–water partition coefficient (Wildman–Crippen LogP) is 14.6. The van der Waals surface area contributed by atoms with Crippen molar-refractivity contribution in [2.45, 2.75) is 0 Å². The molecule has 11 rings (SSSR count). The maximum atomic E-state index is 6.73. The summed E-state index contributed by atoms with van der Waals surface area (Å²) in [7, 11) is 0. The first kappa shape index (κ1) is 28.0. The van der Waals surface area contributed by atoms with Crippen molar-refractivity contribution in [2.24, 2.45) is 0 Å². The van der Waals surface area contributed by atoms with Gasteiger partial charge in [-0.05, 0) is 71.6 Å². The molecular weight excluding hydrogens is 647 g/mol. The van der Waals surface area contributed by atoms with Crippen molar-refractivity contribution in [1.82, 2.24) is 0 Å². The number of nitrogens with zero attached hydrogens (tertiary/aromatic N) is 1. The quantitative estimate of drug-likeness (QED) is 0.185. The second-order valence-electron chi connectivity index (χ2n) is 12.8. The van der Waals surface area contributed by atoms with Crippen LogP contribution < -0.4 is 4.90 Å². The number of thiophene rings is 2. The average Bonchev–Trinajstić information content (AvgIpc) is 3.87. The Balaban J connectivity index is 1.25. The van der Waals surface area contributed by atoms with Crippen molar-refractivity contribution in [2.75, 3.05) is 4.90 Å². The summed E-state index contributed by atoms with van der Waals surface area (Å²) in [4.78, 5) is 2.46. The summed E-state index contributed by atoms with van der Waals surface area (Å²) >= 11 is 3.71. The molecule has 2 nitrogen and oxygen atoms in total. The number of para-hydroxylation sites is 1. The highest BCUT2D eigenvalue weighted by Crippen LogP contribution is 2.50. The predicted molar refractivity (Wildman–Crippen MR) is 217 cm³/mol. The Labute approximate surface area is 295 Å². The van der Waals surface area contributed by atoms with Crippen LogP contribution >= 0.6 is 22.7 Å². The van der Waals surface area contributed by atoms with Crippen LogP contribution in [0.2, 0.25) is 0 Å². The number of benzene rings is 8. The second-order valence-corrected chi connectivity index (χ2v) is 15.0. The molecule has 50 heavy (non-hydrogen) atoms. The van der Waals surface area contributed by atoms with Gasteiger partial charge in [-0.1, -0.05) is 103 Å². The SMILES string of the molecule is c1ccc(N(c2ccc3sc4ccccc4c3c2)c2cccc3oc4c5ccccc5ccc4c23)c(-c2cccc3sc4ccccc4c23)c1. The molecule has 234 valence electrons. The summed E-state index contributed by atoms with van der Waals surface area (Å²) in [5.74, 6) is 0. The monoisotopic (exact) mass is 673 g/mol. The van der Waals surface area contributed by atoms with Crippen LogP contribution in [-0.2, 0) is 0 Å². The van der Waals surface area contributed by atoms with E-state index in [-0.39, 0.29) is 0 Å². The van der Waals surface area contributed by atoms with Crippen LogP contribution in [0.3, 0.4) is 0 Å². The zero-order valence-electron chi connectivity index (χ0n) is 26.8. The van der Waals surface area contributed by atoms with Gasteiger partial charge in [-0.3, -0.25) is 0 Å². The smallest absolute Gasteiger partial charge is 0.143 e. The molecule has 0 atom stereocenters. The summed E-state index contributed by atoms with van der Waals surface area (Å²) in [5.41, 5.74) is 7.54. The highest BCUT2D eigenvalue weighted by Gasteiger charge is 2.24. The number of furan rings is 1. The maximum absolute atomic E-state index is 6.73. The molecule has 4 heteroatoms. The third-order valence-corrected chi connectivity index (χ3v) is 12.4. The fourth-order valence-corrected chi connectivity index (χ4v) is 10.1. The van der Waals surface area contributed by atoms with E-state index >= 15 is 0 Å². The summed E-state index contributed by atoms with van der Waals surface area (Å²) in [6.45, 7) is 0. The van der Waals surface area contributed by atoms with Crippen LogP contribution in [0.25, 0.3) is 84.2 Å². The second kappa shape index (κ2) is 10.8. The van der Waals surface area contributed by atoms with Crippen LogP contribution in [0.15, 0.2) is 168 Å². The molecule has 0 aliphatic rings. The molecular formula is C46H27NOS2. The van der Waals surface area contributed by atoms with Crippen molar-refractivity contribution in [3.63, 3.8) is 0 Å². The van der Waals surface area contributed by atoms with Gasteiger partial charge in [0.2, 0.25) is 0 Å². The van der Waals surface area contributed by atoms with Crippen molar-refractivity contribution in [3.8, 4) is 11.1 Å². The Morgan fingerprint density at radius 3 is 1.98 bits per heavy atom. The van der Waals surface area contributed by atoms with E-state index in [1.807, 2.05) is 22.7 Å². The first-order chi connectivity index (χ1) is 24.8. The Hall–Kier alpha value is -5.94. The molecule has 0 fully saturated rings. The van der Waals surface area contributed by atoms with Gasteiger partial charge in [0.15, 0.2) is 0 Å². The summed E-state index contributed by atoms with van der Waals surface area (Å²) in [6.07, 6.45) is 0. The third kappa shape index (κ3) is 4.07. The zero-order valence-corrected chi connectivity index (χ0v) is 28.4. The number of hydrogen-bond acceptors (Lipinski definition) is 4. The van der Waals surface area contributed by atoms with Gasteiger partial charge in [-0.25, -0.2) is 0 Å². The number of rotatable bonds is 4. The lowest BCUT2D eigenvalue weighted by Crippen LogP contribution is -2.11.